The number of carbonyl (C=O) groups is 1. The highest BCUT2D eigenvalue weighted by Crippen LogP contribution is 2.41. The van der Waals surface area contributed by atoms with Gasteiger partial charge in [-0.25, -0.2) is 4.39 Å². The van der Waals surface area contributed by atoms with Crippen molar-refractivity contribution in [2.75, 3.05) is 19.6 Å². The summed E-state index contributed by atoms with van der Waals surface area (Å²) >= 11 is 0. The van der Waals surface area contributed by atoms with Crippen molar-refractivity contribution in [3.05, 3.63) is 89.0 Å². The quantitative estimate of drug-likeness (QED) is 0.307. The molecule has 7 heteroatoms. The van der Waals surface area contributed by atoms with Crippen LogP contribution < -0.4 is 5.73 Å². The van der Waals surface area contributed by atoms with E-state index >= 15 is 0 Å². The molecule has 3 N–H and O–H groups in total. The fourth-order valence-corrected chi connectivity index (χ4v) is 6.50. The maximum absolute atomic E-state index is 13.8. The van der Waals surface area contributed by atoms with Gasteiger partial charge in [0.1, 0.15) is 11.9 Å². The van der Waals surface area contributed by atoms with Gasteiger partial charge in [-0.3, -0.25) is 9.48 Å². The molecule has 228 valence electrons. The molecule has 1 aromatic heterocycles. The van der Waals surface area contributed by atoms with Crippen LogP contribution in [0.4, 0.5) is 4.39 Å². The van der Waals surface area contributed by atoms with Crippen molar-refractivity contribution in [2.24, 2.45) is 17.1 Å². The number of hydrogen-bond acceptors (Lipinski definition) is 4. The van der Waals surface area contributed by atoms with Crippen LogP contribution in [0, 0.1) is 17.2 Å². The van der Waals surface area contributed by atoms with E-state index in [0.29, 0.717) is 17.8 Å². The van der Waals surface area contributed by atoms with Gasteiger partial charge in [-0.1, -0.05) is 69.7 Å². The van der Waals surface area contributed by atoms with Gasteiger partial charge in [0.05, 0.1) is 5.69 Å². The van der Waals surface area contributed by atoms with E-state index in [-0.39, 0.29) is 11.2 Å². The summed E-state index contributed by atoms with van der Waals surface area (Å²) in [5.41, 5.74) is 10.1. The lowest BCUT2D eigenvalue weighted by molar-refractivity contribution is -0.141. The molecule has 0 bridgehead atoms. The van der Waals surface area contributed by atoms with Gasteiger partial charge >= 0.3 is 5.97 Å². The SMILES string of the molecule is CC(C)(C)C(N)C(=O)O.CCn1nc(Cc2ccccc2)cc1C1CCN(CC2CCC[C@@H]2c2cccc(F)c2)CC1. The summed E-state index contributed by atoms with van der Waals surface area (Å²) in [5.74, 6) is 0.726. The molecule has 1 saturated carbocycles. The molecule has 2 aliphatic rings. The maximum atomic E-state index is 13.8. The number of nitrogens with zero attached hydrogens (tertiary/aromatic N) is 3. The molecule has 6 nitrogen and oxygen atoms in total. The summed E-state index contributed by atoms with van der Waals surface area (Å²) in [7, 11) is 0. The molecule has 0 spiro atoms. The minimum absolute atomic E-state index is 0.0990. The second-order valence-electron chi connectivity index (χ2n) is 13.1. The minimum Gasteiger partial charge on any atom is -0.480 e. The predicted octanol–water partition coefficient (Wildman–Crippen LogP) is 6.84. The van der Waals surface area contributed by atoms with E-state index in [9.17, 15) is 9.18 Å². The zero-order valence-corrected chi connectivity index (χ0v) is 25.8. The second kappa shape index (κ2) is 14.4. The van der Waals surface area contributed by atoms with Crippen molar-refractivity contribution in [2.45, 2.75) is 90.6 Å². The zero-order chi connectivity index (χ0) is 30.3. The highest BCUT2D eigenvalue weighted by Gasteiger charge is 2.32. The van der Waals surface area contributed by atoms with Crippen molar-refractivity contribution >= 4 is 5.97 Å². The zero-order valence-electron chi connectivity index (χ0n) is 25.8. The monoisotopic (exact) mass is 576 g/mol. The molecule has 2 aromatic carbocycles. The first kappa shape index (κ1) is 31.9. The number of aliphatic carboxylic acids is 1. The van der Waals surface area contributed by atoms with Crippen LogP contribution in [0.1, 0.15) is 94.1 Å². The number of aromatic nitrogens is 2. The molecule has 2 fully saturated rings. The van der Waals surface area contributed by atoms with Crippen molar-refractivity contribution in [3.63, 3.8) is 0 Å². The van der Waals surface area contributed by atoms with E-state index in [0.717, 1.165) is 32.6 Å². The predicted molar refractivity (Wildman–Crippen MR) is 167 cm³/mol. The average molecular weight is 577 g/mol. The lowest BCUT2D eigenvalue weighted by atomic mass is 9.87. The van der Waals surface area contributed by atoms with E-state index in [4.69, 9.17) is 15.9 Å². The Labute approximate surface area is 251 Å². The lowest BCUT2D eigenvalue weighted by Gasteiger charge is -2.35. The molecule has 0 amide bonds. The third-order valence-electron chi connectivity index (χ3n) is 9.02. The number of piperidine rings is 1. The first-order valence-electron chi connectivity index (χ1n) is 15.6. The van der Waals surface area contributed by atoms with Crippen LogP contribution in [0.25, 0.3) is 0 Å². The van der Waals surface area contributed by atoms with Crippen molar-refractivity contribution < 1.29 is 14.3 Å². The molecule has 0 radical (unpaired) electrons. The number of carboxylic acid groups (broad SMARTS) is 1. The third kappa shape index (κ3) is 8.51. The van der Waals surface area contributed by atoms with Crippen molar-refractivity contribution in [1.29, 1.82) is 0 Å². The summed E-state index contributed by atoms with van der Waals surface area (Å²) in [4.78, 5) is 12.9. The second-order valence-corrected chi connectivity index (χ2v) is 13.1. The molecular formula is C35H49FN4O2. The Balaban J connectivity index is 0.000000392. The van der Waals surface area contributed by atoms with Crippen LogP contribution in [-0.2, 0) is 17.8 Å². The van der Waals surface area contributed by atoms with Crippen LogP contribution in [-0.4, -0.2) is 51.4 Å². The Bertz CT molecular complexity index is 1280. The number of likely N-dealkylation sites (tertiary alicyclic amines) is 1. The van der Waals surface area contributed by atoms with Gasteiger partial charge in [-0.15, -0.1) is 0 Å². The third-order valence-corrected chi connectivity index (χ3v) is 9.02. The molecular weight excluding hydrogens is 527 g/mol. The first-order valence-corrected chi connectivity index (χ1v) is 15.6. The van der Waals surface area contributed by atoms with Crippen LogP contribution in [0.15, 0.2) is 60.7 Å². The van der Waals surface area contributed by atoms with Gasteiger partial charge in [0.15, 0.2) is 0 Å². The topological polar surface area (TPSA) is 84.4 Å². The van der Waals surface area contributed by atoms with Crippen molar-refractivity contribution in [1.82, 2.24) is 14.7 Å². The number of carboxylic acids is 1. The molecule has 2 heterocycles. The fraction of sp³-hybridized carbons (Fsp3) is 0.543. The van der Waals surface area contributed by atoms with Crippen LogP contribution >= 0.6 is 0 Å². The highest BCUT2D eigenvalue weighted by molar-refractivity contribution is 5.74. The summed E-state index contributed by atoms with van der Waals surface area (Å²) < 4.78 is 16.0. The summed E-state index contributed by atoms with van der Waals surface area (Å²) in [6.07, 6.45) is 7.05. The van der Waals surface area contributed by atoms with Crippen molar-refractivity contribution in [3.8, 4) is 0 Å². The number of aryl methyl sites for hydroxylation is 1. The Morgan fingerprint density at radius 2 is 1.76 bits per heavy atom. The van der Waals surface area contributed by atoms with Gasteiger partial charge in [0.2, 0.25) is 0 Å². The van der Waals surface area contributed by atoms with Crippen LogP contribution in [0.2, 0.25) is 0 Å². The number of rotatable bonds is 8. The average Bonchev–Trinajstić information content (AvgIpc) is 3.60. The number of nitrogens with two attached hydrogens (primary N) is 1. The van der Waals surface area contributed by atoms with E-state index in [1.807, 2.05) is 6.07 Å². The van der Waals surface area contributed by atoms with E-state index in [1.54, 1.807) is 32.9 Å². The first-order chi connectivity index (χ1) is 20.0. The number of hydrogen-bond donors (Lipinski definition) is 2. The van der Waals surface area contributed by atoms with Gasteiger partial charge < -0.3 is 15.7 Å². The molecule has 5 rings (SSSR count). The standard InChI is InChI=1S/C29H36FN3.C6H13NO2/c1-2-33-29(20-27(31-33)18-22-8-4-3-5-9-22)23-14-16-32(17-15-23)21-25-11-7-13-28(25)24-10-6-12-26(30)19-24;1-6(2,3)4(7)5(8)9/h3-6,8-10,12,19-20,23,25,28H,2,7,11,13-18,21H2,1H3;4H,7H2,1-3H3,(H,8,9)/t25?,28-;/m1./s1. The molecule has 1 saturated heterocycles. The normalized spacial score (nSPS) is 20.6. The molecule has 1 aliphatic carbocycles. The largest absolute Gasteiger partial charge is 0.480 e. The van der Waals surface area contributed by atoms with Crippen LogP contribution in [0.5, 0.6) is 0 Å². The van der Waals surface area contributed by atoms with Gasteiger partial charge in [0.25, 0.3) is 0 Å². The fourth-order valence-electron chi connectivity index (χ4n) is 6.50. The molecule has 1 aliphatic heterocycles. The minimum atomic E-state index is -0.942. The maximum Gasteiger partial charge on any atom is 0.321 e. The summed E-state index contributed by atoms with van der Waals surface area (Å²) in [5, 5.41) is 13.3. The molecule has 3 aromatic rings. The Morgan fingerprint density at radius 1 is 1.05 bits per heavy atom. The van der Waals surface area contributed by atoms with Gasteiger partial charge in [-0.2, -0.15) is 5.10 Å². The van der Waals surface area contributed by atoms with Gasteiger partial charge in [0, 0.05) is 31.1 Å². The van der Waals surface area contributed by atoms with Gasteiger partial charge in [-0.05, 0) is 92.3 Å². The number of halogens is 1. The summed E-state index contributed by atoms with van der Waals surface area (Å²) in [6, 6.07) is 19.5. The Kier molecular flexibility index (Phi) is 11.0. The molecule has 3 atom stereocenters. The summed E-state index contributed by atoms with van der Waals surface area (Å²) in [6.45, 7) is 12.0. The van der Waals surface area contributed by atoms with Crippen LogP contribution in [0.3, 0.4) is 0 Å². The Hall–Kier alpha value is -3.03. The smallest absolute Gasteiger partial charge is 0.321 e. The van der Waals surface area contributed by atoms with E-state index in [2.05, 4.69) is 59.0 Å². The lowest BCUT2D eigenvalue weighted by Crippen LogP contribution is -2.41. The number of benzene rings is 2. The van der Waals surface area contributed by atoms with E-state index < -0.39 is 12.0 Å². The molecule has 2 unspecified atom stereocenters. The Morgan fingerprint density at radius 3 is 2.36 bits per heavy atom. The highest BCUT2D eigenvalue weighted by atomic mass is 19.1. The van der Waals surface area contributed by atoms with E-state index in [1.165, 1.54) is 54.6 Å². The molecule has 42 heavy (non-hydrogen) atoms.